The van der Waals surface area contributed by atoms with E-state index >= 15 is 0 Å². The maximum atomic E-state index is 12.8. The van der Waals surface area contributed by atoms with Gasteiger partial charge in [0, 0.05) is 0 Å². The zero-order valence-corrected chi connectivity index (χ0v) is 13.7. The summed E-state index contributed by atoms with van der Waals surface area (Å²) in [7, 11) is 0. The Labute approximate surface area is 143 Å². The number of ketones is 1. The first-order chi connectivity index (χ1) is 12.0. The van der Waals surface area contributed by atoms with Crippen LogP contribution in [0.2, 0.25) is 0 Å². The highest BCUT2D eigenvalue weighted by atomic mass is 16.7. The standard InChI is InChI=1S/C18H17NO6/c1-2-23-16(22)17-7-3-4-8-18(17,19-15(21)14(17)20)11-5-6-12-13(9-11)25-10-24-12/h3-6,9H,2,7-8,10H2,1H3,(H,19,21)/t17-,18+/m0/s1. The average molecular weight is 343 g/mol. The number of rotatable bonds is 3. The Hall–Kier alpha value is -2.83. The van der Waals surface area contributed by atoms with Crippen molar-refractivity contribution in [3.05, 3.63) is 35.9 Å². The predicted octanol–water partition coefficient (Wildman–Crippen LogP) is 1.21. The van der Waals surface area contributed by atoms with Crippen molar-refractivity contribution in [3.63, 3.8) is 0 Å². The monoisotopic (exact) mass is 343 g/mol. The number of carbonyl (C=O) groups is 3. The largest absolute Gasteiger partial charge is 0.465 e. The lowest BCUT2D eigenvalue weighted by Gasteiger charge is -2.43. The van der Waals surface area contributed by atoms with Crippen molar-refractivity contribution in [1.29, 1.82) is 0 Å². The van der Waals surface area contributed by atoms with E-state index < -0.39 is 28.6 Å². The Morgan fingerprint density at radius 1 is 1.20 bits per heavy atom. The van der Waals surface area contributed by atoms with Crippen LogP contribution in [-0.2, 0) is 24.7 Å². The average Bonchev–Trinajstić information content (AvgIpc) is 3.17. The highest BCUT2D eigenvalue weighted by Crippen LogP contribution is 2.54. The fraction of sp³-hybridized carbons (Fsp3) is 0.389. The number of fused-ring (bicyclic) bond motifs is 2. The van der Waals surface area contributed by atoms with Gasteiger partial charge in [-0.3, -0.25) is 14.4 Å². The molecule has 1 saturated heterocycles. The van der Waals surface area contributed by atoms with E-state index in [4.69, 9.17) is 14.2 Å². The molecule has 0 spiro atoms. The third-order valence-electron chi connectivity index (χ3n) is 5.15. The van der Waals surface area contributed by atoms with Gasteiger partial charge in [0.1, 0.15) is 0 Å². The zero-order chi connectivity index (χ0) is 17.7. The van der Waals surface area contributed by atoms with Gasteiger partial charge in [-0.05, 0) is 37.5 Å². The molecule has 0 saturated carbocycles. The molecule has 1 aromatic rings. The van der Waals surface area contributed by atoms with Crippen molar-refractivity contribution in [2.45, 2.75) is 25.3 Å². The number of amides is 1. The van der Waals surface area contributed by atoms with E-state index in [1.54, 1.807) is 31.2 Å². The summed E-state index contributed by atoms with van der Waals surface area (Å²) in [5.41, 5.74) is -2.18. The van der Waals surface area contributed by atoms with Crippen molar-refractivity contribution in [2.24, 2.45) is 5.41 Å². The van der Waals surface area contributed by atoms with E-state index in [1.165, 1.54) is 0 Å². The van der Waals surface area contributed by atoms with Crippen LogP contribution in [0.25, 0.3) is 0 Å². The SMILES string of the molecule is CCOC(=O)[C@@]12CC=CC[C@]1(c1ccc3c(c1)OCO3)NC(=O)C2=O. The number of allylic oxidation sites excluding steroid dienone is 1. The number of Topliss-reactive ketones (excluding diaryl/α,β-unsaturated/α-hetero) is 1. The van der Waals surface area contributed by atoms with Gasteiger partial charge in [-0.1, -0.05) is 18.2 Å². The highest BCUT2D eigenvalue weighted by Gasteiger charge is 2.70. The van der Waals surface area contributed by atoms with Crippen LogP contribution >= 0.6 is 0 Å². The lowest BCUT2D eigenvalue weighted by molar-refractivity contribution is -0.164. The molecule has 0 unspecified atom stereocenters. The lowest BCUT2D eigenvalue weighted by Crippen LogP contribution is -2.56. The van der Waals surface area contributed by atoms with Crippen molar-refractivity contribution < 1.29 is 28.6 Å². The molecular formula is C18H17NO6. The molecule has 1 aromatic carbocycles. The predicted molar refractivity (Wildman–Crippen MR) is 84.8 cm³/mol. The van der Waals surface area contributed by atoms with Gasteiger partial charge in [0.15, 0.2) is 16.9 Å². The first-order valence-corrected chi connectivity index (χ1v) is 8.14. The van der Waals surface area contributed by atoms with Gasteiger partial charge in [-0.2, -0.15) is 0 Å². The van der Waals surface area contributed by atoms with Crippen LogP contribution < -0.4 is 14.8 Å². The first-order valence-electron chi connectivity index (χ1n) is 8.14. The van der Waals surface area contributed by atoms with E-state index in [1.807, 2.05) is 6.08 Å². The topological polar surface area (TPSA) is 90.9 Å². The van der Waals surface area contributed by atoms with Crippen LogP contribution in [-0.4, -0.2) is 31.1 Å². The van der Waals surface area contributed by atoms with Crippen molar-refractivity contribution >= 4 is 17.7 Å². The molecule has 2 atom stereocenters. The molecule has 1 amide bonds. The van der Waals surface area contributed by atoms with E-state index in [-0.39, 0.29) is 19.8 Å². The normalized spacial score (nSPS) is 29.3. The van der Waals surface area contributed by atoms with E-state index in [0.29, 0.717) is 23.5 Å². The van der Waals surface area contributed by atoms with Gasteiger partial charge in [-0.25, -0.2) is 0 Å². The fourth-order valence-corrected chi connectivity index (χ4v) is 3.96. The Kier molecular flexibility index (Phi) is 3.35. The smallest absolute Gasteiger partial charge is 0.323 e. The van der Waals surface area contributed by atoms with E-state index in [2.05, 4.69) is 5.32 Å². The summed E-state index contributed by atoms with van der Waals surface area (Å²) in [6, 6.07) is 5.18. The second kappa shape index (κ2) is 5.34. The molecule has 4 rings (SSSR count). The fourth-order valence-electron chi connectivity index (χ4n) is 3.96. The van der Waals surface area contributed by atoms with Crippen LogP contribution in [0.4, 0.5) is 0 Å². The van der Waals surface area contributed by atoms with Crippen LogP contribution in [0.3, 0.4) is 0 Å². The van der Waals surface area contributed by atoms with E-state index in [0.717, 1.165) is 0 Å². The Morgan fingerprint density at radius 2 is 1.96 bits per heavy atom. The summed E-state index contributed by atoms with van der Waals surface area (Å²) in [6.45, 7) is 1.91. The number of carbonyl (C=O) groups excluding carboxylic acids is 3. The van der Waals surface area contributed by atoms with Gasteiger partial charge in [0.05, 0.1) is 12.1 Å². The van der Waals surface area contributed by atoms with Crippen molar-refractivity contribution in [1.82, 2.24) is 5.32 Å². The molecule has 0 radical (unpaired) electrons. The van der Waals surface area contributed by atoms with E-state index in [9.17, 15) is 14.4 Å². The van der Waals surface area contributed by atoms with Crippen LogP contribution in [0, 0.1) is 5.41 Å². The van der Waals surface area contributed by atoms with Gasteiger partial charge >= 0.3 is 5.97 Å². The zero-order valence-electron chi connectivity index (χ0n) is 13.7. The molecule has 0 bridgehead atoms. The third kappa shape index (κ3) is 1.89. The minimum Gasteiger partial charge on any atom is -0.465 e. The summed E-state index contributed by atoms with van der Waals surface area (Å²) in [6.07, 6.45) is 4.03. The molecule has 7 heteroatoms. The second-order valence-electron chi connectivity index (χ2n) is 6.26. The lowest BCUT2D eigenvalue weighted by atomic mass is 9.60. The van der Waals surface area contributed by atoms with Crippen LogP contribution in [0.1, 0.15) is 25.3 Å². The van der Waals surface area contributed by atoms with Crippen LogP contribution in [0.15, 0.2) is 30.4 Å². The molecule has 1 fully saturated rings. The number of hydrogen-bond acceptors (Lipinski definition) is 6. The minimum absolute atomic E-state index is 0.109. The van der Waals surface area contributed by atoms with Crippen LogP contribution in [0.5, 0.6) is 11.5 Å². The quantitative estimate of drug-likeness (QED) is 0.384. The number of esters is 1. The van der Waals surface area contributed by atoms with Crippen molar-refractivity contribution in [3.8, 4) is 11.5 Å². The Balaban J connectivity index is 1.92. The number of ether oxygens (including phenoxy) is 3. The molecule has 25 heavy (non-hydrogen) atoms. The van der Waals surface area contributed by atoms with Gasteiger partial charge in [0.2, 0.25) is 12.6 Å². The summed E-state index contributed by atoms with van der Waals surface area (Å²) in [5.74, 6) is -1.10. The summed E-state index contributed by atoms with van der Waals surface area (Å²) in [4.78, 5) is 37.9. The first kappa shape index (κ1) is 15.7. The maximum absolute atomic E-state index is 12.8. The minimum atomic E-state index is -1.61. The molecule has 0 aromatic heterocycles. The Morgan fingerprint density at radius 3 is 2.76 bits per heavy atom. The molecule has 1 N–H and O–H groups in total. The molecule has 130 valence electrons. The number of benzene rings is 1. The Bertz CT molecular complexity index is 816. The molecule has 7 nitrogen and oxygen atoms in total. The highest BCUT2D eigenvalue weighted by molar-refractivity contribution is 6.45. The summed E-state index contributed by atoms with van der Waals surface area (Å²) in [5, 5.41) is 2.77. The molecule has 1 aliphatic carbocycles. The van der Waals surface area contributed by atoms with Gasteiger partial charge < -0.3 is 19.5 Å². The second-order valence-corrected chi connectivity index (χ2v) is 6.26. The van der Waals surface area contributed by atoms with Crippen molar-refractivity contribution in [2.75, 3.05) is 13.4 Å². The molecular weight excluding hydrogens is 326 g/mol. The number of nitrogens with one attached hydrogen (secondary N) is 1. The summed E-state index contributed by atoms with van der Waals surface area (Å²) < 4.78 is 15.9. The summed E-state index contributed by atoms with van der Waals surface area (Å²) >= 11 is 0. The molecule has 2 heterocycles. The molecule has 3 aliphatic rings. The maximum Gasteiger partial charge on any atom is 0.323 e. The van der Waals surface area contributed by atoms with Gasteiger partial charge in [0.25, 0.3) is 5.91 Å². The third-order valence-corrected chi connectivity index (χ3v) is 5.15. The number of hydrogen-bond donors (Lipinski definition) is 1. The molecule has 2 aliphatic heterocycles. The van der Waals surface area contributed by atoms with Gasteiger partial charge in [-0.15, -0.1) is 0 Å².